The van der Waals surface area contributed by atoms with Crippen molar-refractivity contribution in [2.75, 3.05) is 0 Å². The van der Waals surface area contributed by atoms with E-state index in [0.29, 0.717) is 10.5 Å². The van der Waals surface area contributed by atoms with E-state index in [4.69, 9.17) is 0 Å². The Hall–Kier alpha value is -2.55. The Morgan fingerprint density at radius 1 is 1.12 bits per heavy atom. The summed E-state index contributed by atoms with van der Waals surface area (Å²) in [5.74, 6) is 0.245. The molecule has 0 aliphatic rings. The van der Waals surface area contributed by atoms with Crippen LogP contribution in [0.2, 0.25) is 0 Å². The van der Waals surface area contributed by atoms with Gasteiger partial charge in [0.2, 0.25) is 0 Å². The van der Waals surface area contributed by atoms with E-state index < -0.39 is 23.0 Å². The lowest BCUT2D eigenvalue weighted by Gasteiger charge is -2.11. The minimum atomic E-state index is -4.40. The number of hydrogen-bond acceptors (Lipinski definition) is 4. The number of thioether (sulfide) groups is 1. The zero-order valence-corrected chi connectivity index (χ0v) is 14.7. The third-order valence-corrected chi connectivity index (χ3v) is 5.08. The highest BCUT2D eigenvalue weighted by Crippen LogP contribution is 2.32. The molecule has 0 aliphatic heterocycles. The first kappa shape index (κ1) is 18.2. The molecule has 9 heteroatoms. The van der Waals surface area contributed by atoms with Crippen LogP contribution in [0.4, 0.5) is 13.2 Å². The lowest BCUT2D eigenvalue weighted by Crippen LogP contribution is -2.37. The number of aryl methyl sites for hydroxylation is 1. The van der Waals surface area contributed by atoms with Crippen LogP contribution < -0.4 is 11.2 Å². The van der Waals surface area contributed by atoms with Gasteiger partial charge in [0.15, 0.2) is 0 Å². The van der Waals surface area contributed by atoms with Crippen LogP contribution in [-0.4, -0.2) is 14.1 Å². The predicted molar refractivity (Wildman–Crippen MR) is 93.2 cm³/mol. The molecule has 0 radical (unpaired) electrons. The molecule has 26 heavy (non-hydrogen) atoms. The molecule has 0 bridgehead atoms. The Morgan fingerprint density at radius 2 is 1.85 bits per heavy atom. The second-order valence-corrected chi connectivity index (χ2v) is 6.72. The fraction of sp³-hybridized carbons (Fsp3) is 0.235. The molecular formula is C17H14F3N3O2S. The monoisotopic (exact) mass is 381 g/mol. The van der Waals surface area contributed by atoms with Gasteiger partial charge < -0.3 is 0 Å². The fourth-order valence-corrected chi connectivity index (χ4v) is 3.56. The van der Waals surface area contributed by atoms with Gasteiger partial charge in [0, 0.05) is 30.9 Å². The minimum Gasteiger partial charge on any atom is -0.280 e. The summed E-state index contributed by atoms with van der Waals surface area (Å²) in [6.07, 6.45) is -2.94. The molecule has 0 atom stereocenters. The molecule has 0 amide bonds. The first-order chi connectivity index (χ1) is 12.2. The highest BCUT2D eigenvalue weighted by molar-refractivity contribution is 7.98. The molecule has 2 heterocycles. The Labute approximate surface area is 150 Å². The van der Waals surface area contributed by atoms with Crippen molar-refractivity contribution in [2.45, 2.75) is 16.8 Å². The molecule has 1 aromatic carbocycles. The molecule has 0 saturated carbocycles. The van der Waals surface area contributed by atoms with Crippen molar-refractivity contribution in [1.82, 2.24) is 14.1 Å². The zero-order chi connectivity index (χ0) is 19.1. The van der Waals surface area contributed by atoms with Gasteiger partial charge in [0.1, 0.15) is 5.65 Å². The first-order valence-corrected chi connectivity index (χ1v) is 8.52. The lowest BCUT2D eigenvalue weighted by molar-refractivity contribution is -0.137. The average Bonchev–Trinajstić information content (AvgIpc) is 2.62. The van der Waals surface area contributed by atoms with Crippen LogP contribution in [-0.2, 0) is 26.0 Å². The molecule has 136 valence electrons. The van der Waals surface area contributed by atoms with Crippen molar-refractivity contribution in [3.8, 4) is 0 Å². The van der Waals surface area contributed by atoms with Crippen molar-refractivity contribution in [3.63, 3.8) is 0 Å². The molecule has 2 aromatic heterocycles. The van der Waals surface area contributed by atoms with Gasteiger partial charge in [-0.15, -0.1) is 11.8 Å². The summed E-state index contributed by atoms with van der Waals surface area (Å²) in [6.45, 7) is 0. The number of alkyl halides is 3. The second-order valence-electron chi connectivity index (χ2n) is 5.70. The summed E-state index contributed by atoms with van der Waals surface area (Å²) in [5, 5.41) is 0.272. The van der Waals surface area contributed by atoms with Crippen molar-refractivity contribution in [2.24, 2.45) is 14.1 Å². The Bertz CT molecular complexity index is 1100. The van der Waals surface area contributed by atoms with E-state index in [-0.39, 0.29) is 16.8 Å². The quantitative estimate of drug-likeness (QED) is 0.655. The molecular weight excluding hydrogens is 367 g/mol. The van der Waals surface area contributed by atoms with Gasteiger partial charge in [0.05, 0.1) is 10.9 Å². The molecule has 0 spiro atoms. The zero-order valence-electron chi connectivity index (χ0n) is 13.9. The largest absolute Gasteiger partial charge is 0.416 e. The number of benzene rings is 1. The predicted octanol–water partition coefficient (Wildman–Crippen LogP) is 2.94. The molecule has 3 rings (SSSR count). The smallest absolute Gasteiger partial charge is 0.280 e. The summed E-state index contributed by atoms with van der Waals surface area (Å²) in [7, 11) is 2.89. The van der Waals surface area contributed by atoms with Crippen LogP contribution in [0.15, 0.2) is 51.0 Å². The van der Waals surface area contributed by atoms with Gasteiger partial charge in [-0.1, -0.05) is 18.2 Å². The topological polar surface area (TPSA) is 56.9 Å². The molecule has 0 aliphatic carbocycles. The van der Waals surface area contributed by atoms with Gasteiger partial charge >= 0.3 is 11.9 Å². The van der Waals surface area contributed by atoms with Crippen molar-refractivity contribution in [3.05, 3.63) is 68.5 Å². The van der Waals surface area contributed by atoms with Gasteiger partial charge in [-0.3, -0.25) is 13.9 Å². The summed E-state index contributed by atoms with van der Waals surface area (Å²) >= 11 is 1.22. The SMILES string of the molecule is Cn1c(=O)c2c(SCc3cccc(C(F)(F)F)c3)ccnc2n(C)c1=O. The highest BCUT2D eigenvalue weighted by atomic mass is 32.2. The van der Waals surface area contributed by atoms with Gasteiger partial charge in [-0.25, -0.2) is 9.78 Å². The molecule has 5 nitrogen and oxygen atoms in total. The molecule has 0 saturated heterocycles. The third-order valence-electron chi connectivity index (χ3n) is 3.95. The fourth-order valence-electron chi connectivity index (χ4n) is 2.58. The first-order valence-electron chi connectivity index (χ1n) is 7.54. The number of nitrogens with zero attached hydrogens (tertiary/aromatic N) is 3. The van der Waals surface area contributed by atoms with E-state index >= 15 is 0 Å². The van der Waals surface area contributed by atoms with Crippen molar-refractivity contribution >= 4 is 22.8 Å². The highest BCUT2D eigenvalue weighted by Gasteiger charge is 2.30. The van der Waals surface area contributed by atoms with Crippen LogP contribution in [0.3, 0.4) is 0 Å². The summed E-state index contributed by atoms with van der Waals surface area (Å²) < 4.78 is 40.7. The maximum Gasteiger partial charge on any atom is 0.416 e. The van der Waals surface area contributed by atoms with E-state index in [1.165, 1.54) is 42.7 Å². The number of fused-ring (bicyclic) bond motifs is 1. The number of aromatic nitrogens is 3. The van der Waals surface area contributed by atoms with Crippen LogP contribution in [0.25, 0.3) is 11.0 Å². The maximum atomic E-state index is 12.8. The standard InChI is InChI=1S/C17H14F3N3O2S/c1-22-14-13(15(24)23(2)16(22)25)12(6-7-21-14)26-9-10-4-3-5-11(8-10)17(18,19)20/h3-8H,9H2,1-2H3. The number of halogens is 3. The normalized spacial score (nSPS) is 11.9. The molecule has 0 unspecified atom stereocenters. The Kier molecular flexibility index (Phi) is 4.66. The van der Waals surface area contributed by atoms with E-state index in [9.17, 15) is 22.8 Å². The van der Waals surface area contributed by atoms with Crippen LogP contribution >= 0.6 is 11.8 Å². The minimum absolute atomic E-state index is 0.243. The Balaban J connectivity index is 2.01. The van der Waals surface area contributed by atoms with Crippen LogP contribution in [0.5, 0.6) is 0 Å². The van der Waals surface area contributed by atoms with E-state index in [1.54, 1.807) is 12.1 Å². The van der Waals surface area contributed by atoms with E-state index in [1.807, 2.05) is 0 Å². The van der Waals surface area contributed by atoms with Crippen molar-refractivity contribution < 1.29 is 13.2 Å². The van der Waals surface area contributed by atoms with Crippen molar-refractivity contribution in [1.29, 1.82) is 0 Å². The Morgan fingerprint density at radius 3 is 2.54 bits per heavy atom. The number of pyridine rings is 1. The van der Waals surface area contributed by atoms with Crippen LogP contribution in [0.1, 0.15) is 11.1 Å². The van der Waals surface area contributed by atoms with Gasteiger partial charge in [-0.2, -0.15) is 13.2 Å². The summed E-state index contributed by atoms with van der Waals surface area (Å²) in [5.41, 5.74) is -0.963. The molecule has 0 fully saturated rings. The van der Waals surface area contributed by atoms with E-state index in [0.717, 1.165) is 16.7 Å². The lowest BCUT2D eigenvalue weighted by atomic mass is 10.1. The van der Waals surface area contributed by atoms with Crippen LogP contribution in [0, 0.1) is 0 Å². The number of hydrogen-bond donors (Lipinski definition) is 0. The third kappa shape index (κ3) is 3.26. The second kappa shape index (κ2) is 6.64. The summed E-state index contributed by atoms with van der Waals surface area (Å²) in [6, 6.07) is 6.67. The van der Waals surface area contributed by atoms with Gasteiger partial charge in [0.25, 0.3) is 5.56 Å². The number of rotatable bonds is 3. The van der Waals surface area contributed by atoms with E-state index in [2.05, 4.69) is 4.98 Å². The summed E-state index contributed by atoms with van der Waals surface area (Å²) in [4.78, 5) is 29.1. The van der Waals surface area contributed by atoms with Gasteiger partial charge in [-0.05, 0) is 17.7 Å². The molecule has 3 aromatic rings. The average molecular weight is 381 g/mol. The maximum absolute atomic E-state index is 12.8. The molecule has 0 N–H and O–H groups in total.